The maximum Gasteiger partial charge on any atom is 0.417 e. The third kappa shape index (κ3) is 3.17. The van der Waals surface area contributed by atoms with E-state index in [0.717, 1.165) is 23.4 Å². The molecule has 166 valence electrons. The first-order chi connectivity index (χ1) is 15.8. The van der Waals surface area contributed by atoms with Gasteiger partial charge < -0.3 is 14.7 Å². The van der Waals surface area contributed by atoms with Gasteiger partial charge in [-0.1, -0.05) is 18.2 Å². The lowest BCUT2D eigenvalue weighted by Crippen LogP contribution is -2.25. The smallest absolute Gasteiger partial charge is 0.377 e. The van der Waals surface area contributed by atoms with E-state index in [1.54, 1.807) is 12.4 Å². The molecule has 1 aliphatic heterocycles. The van der Waals surface area contributed by atoms with Crippen molar-refractivity contribution in [2.45, 2.75) is 24.7 Å². The minimum Gasteiger partial charge on any atom is -0.377 e. The SMILES string of the molecule is O[C@@]1(c2cccc(-c3csc(-c4c[nH]c5ncc(C(F)(F)F)cc45)n3)c2)CCn2ccnc21. The molecule has 0 saturated carbocycles. The molecule has 33 heavy (non-hydrogen) atoms. The van der Waals surface area contributed by atoms with Gasteiger partial charge >= 0.3 is 6.18 Å². The van der Waals surface area contributed by atoms with E-state index in [-0.39, 0.29) is 0 Å². The quantitative estimate of drug-likeness (QED) is 0.382. The molecule has 0 bridgehead atoms. The molecule has 6 nitrogen and oxygen atoms in total. The van der Waals surface area contributed by atoms with Crippen LogP contribution in [0.1, 0.15) is 23.4 Å². The van der Waals surface area contributed by atoms with Crippen LogP contribution in [-0.2, 0) is 18.3 Å². The first-order valence-corrected chi connectivity index (χ1v) is 11.1. The van der Waals surface area contributed by atoms with E-state index in [0.29, 0.717) is 46.1 Å². The van der Waals surface area contributed by atoms with Crippen LogP contribution in [0.4, 0.5) is 13.2 Å². The zero-order chi connectivity index (χ0) is 22.8. The molecule has 5 heterocycles. The third-order valence-electron chi connectivity index (χ3n) is 6.03. The Balaban J connectivity index is 1.38. The number of benzene rings is 1. The van der Waals surface area contributed by atoms with Crippen molar-refractivity contribution in [1.82, 2.24) is 24.5 Å². The van der Waals surface area contributed by atoms with Gasteiger partial charge in [0.2, 0.25) is 0 Å². The number of aliphatic hydroxyl groups is 1. The van der Waals surface area contributed by atoms with Crippen LogP contribution in [0.15, 0.2) is 60.5 Å². The predicted molar refractivity (Wildman–Crippen MR) is 117 cm³/mol. The highest BCUT2D eigenvalue weighted by Gasteiger charge is 2.40. The molecule has 1 atom stereocenters. The maximum atomic E-state index is 13.2. The minimum atomic E-state index is -4.47. The molecule has 0 spiro atoms. The first kappa shape index (κ1) is 20.1. The highest BCUT2D eigenvalue weighted by atomic mass is 32.1. The molecule has 0 saturated heterocycles. The fourth-order valence-electron chi connectivity index (χ4n) is 4.32. The summed E-state index contributed by atoms with van der Waals surface area (Å²) >= 11 is 1.34. The Bertz CT molecular complexity index is 1500. The molecule has 10 heteroatoms. The van der Waals surface area contributed by atoms with Crippen LogP contribution in [-0.4, -0.2) is 29.6 Å². The van der Waals surface area contributed by atoms with Crippen LogP contribution in [0.5, 0.6) is 0 Å². The molecule has 1 aliphatic rings. The molecule has 0 aliphatic carbocycles. The number of aryl methyl sites for hydroxylation is 1. The fraction of sp³-hybridized carbons (Fsp3) is 0.174. The predicted octanol–water partition coefficient (Wildman–Crippen LogP) is 5.21. The molecule has 0 fully saturated rings. The molecule has 0 amide bonds. The second-order valence-corrected chi connectivity index (χ2v) is 8.85. The van der Waals surface area contributed by atoms with Gasteiger partial charge in [-0.3, -0.25) is 0 Å². The van der Waals surface area contributed by atoms with Gasteiger partial charge in [-0.15, -0.1) is 11.3 Å². The molecule has 0 unspecified atom stereocenters. The lowest BCUT2D eigenvalue weighted by Gasteiger charge is -2.22. The molecular formula is C23H16F3N5OS. The summed E-state index contributed by atoms with van der Waals surface area (Å²) < 4.78 is 41.4. The Morgan fingerprint density at radius 3 is 2.91 bits per heavy atom. The number of imidazole rings is 1. The zero-order valence-corrected chi connectivity index (χ0v) is 17.8. The number of hydrogen-bond acceptors (Lipinski definition) is 5. The summed E-state index contributed by atoms with van der Waals surface area (Å²) in [5.41, 5.74) is 1.17. The molecule has 0 radical (unpaired) electrons. The normalized spacial score (nSPS) is 18.2. The Hall–Kier alpha value is -3.50. The molecule has 1 aromatic carbocycles. The van der Waals surface area contributed by atoms with Gasteiger partial charge in [0.1, 0.15) is 22.1 Å². The third-order valence-corrected chi connectivity index (χ3v) is 6.90. The summed E-state index contributed by atoms with van der Waals surface area (Å²) in [5.74, 6) is 0.616. The highest BCUT2D eigenvalue weighted by molar-refractivity contribution is 7.13. The topological polar surface area (TPSA) is 79.6 Å². The number of nitrogens with zero attached hydrogens (tertiary/aromatic N) is 4. The number of alkyl halides is 3. The Kier molecular flexibility index (Phi) is 4.27. The van der Waals surface area contributed by atoms with Gasteiger partial charge in [0, 0.05) is 59.6 Å². The lowest BCUT2D eigenvalue weighted by molar-refractivity contribution is -0.137. The molecule has 2 N–H and O–H groups in total. The van der Waals surface area contributed by atoms with Crippen molar-refractivity contribution in [3.8, 4) is 21.8 Å². The summed E-state index contributed by atoms with van der Waals surface area (Å²) in [6, 6.07) is 8.60. The summed E-state index contributed by atoms with van der Waals surface area (Å²) in [7, 11) is 0. The van der Waals surface area contributed by atoms with E-state index < -0.39 is 17.3 Å². The van der Waals surface area contributed by atoms with Crippen LogP contribution < -0.4 is 0 Å². The number of thiazole rings is 1. The second-order valence-electron chi connectivity index (χ2n) is 7.99. The lowest BCUT2D eigenvalue weighted by atomic mass is 9.90. The second kappa shape index (κ2) is 7.00. The standard InChI is InChI=1S/C23H16F3N5OS/c24-23(25,26)15-9-16-17(11-29-19(16)28-10-15)20-30-18(12-33-20)13-2-1-3-14(8-13)22(32)4-6-31-7-5-27-21(22)31/h1-3,5,7-12,32H,4,6H2,(H,28,29)/t22-/m1/s1. The van der Waals surface area contributed by atoms with Gasteiger partial charge in [0.25, 0.3) is 0 Å². The number of pyridine rings is 1. The maximum absolute atomic E-state index is 13.2. The number of rotatable bonds is 3. The summed E-state index contributed by atoms with van der Waals surface area (Å²) in [6.07, 6.45) is 2.03. The van der Waals surface area contributed by atoms with Crippen LogP contribution in [0.3, 0.4) is 0 Å². The number of halogens is 3. The van der Waals surface area contributed by atoms with E-state index in [1.165, 1.54) is 11.3 Å². The van der Waals surface area contributed by atoms with Crippen molar-refractivity contribution in [2.24, 2.45) is 0 Å². The largest absolute Gasteiger partial charge is 0.417 e. The average molecular weight is 467 g/mol. The molecular weight excluding hydrogens is 451 g/mol. The van der Waals surface area contributed by atoms with Crippen LogP contribution in [0, 0.1) is 0 Å². The van der Waals surface area contributed by atoms with Crippen LogP contribution in [0.25, 0.3) is 32.9 Å². The van der Waals surface area contributed by atoms with Crippen molar-refractivity contribution < 1.29 is 18.3 Å². The van der Waals surface area contributed by atoms with E-state index in [2.05, 4.69) is 19.9 Å². The number of aromatic nitrogens is 5. The molecule has 6 rings (SSSR count). The van der Waals surface area contributed by atoms with E-state index in [4.69, 9.17) is 0 Å². The van der Waals surface area contributed by atoms with Gasteiger partial charge in [0.15, 0.2) is 0 Å². The van der Waals surface area contributed by atoms with Crippen molar-refractivity contribution in [1.29, 1.82) is 0 Å². The number of aromatic amines is 1. The fourth-order valence-corrected chi connectivity index (χ4v) is 5.18. The van der Waals surface area contributed by atoms with Crippen LogP contribution in [0.2, 0.25) is 0 Å². The number of hydrogen-bond donors (Lipinski definition) is 2. The van der Waals surface area contributed by atoms with Gasteiger partial charge in [0.05, 0.1) is 11.3 Å². The zero-order valence-electron chi connectivity index (χ0n) is 17.0. The van der Waals surface area contributed by atoms with Crippen molar-refractivity contribution in [2.75, 3.05) is 0 Å². The van der Waals surface area contributed by atoms with Gasteiger partial charge in [-0.25, -0.2) is 15.0 Å². The van der Waals surface area contributed by atoms with Crippen LogP contribution >= 0.6 is 11.3 Å². The van der Waals surface area contributed by atoms with E-state index in [1.807, 2.05) is 40.4 Å². The van der Waals surface area contributed by atoms with Gasteiger partial charge in [-0.05, 0) is 17.7 Å². The van der Waals surface area contributed by atoms with Crippen molar-refractivity contribution in [3.05, 3.63) is 77.5 Å². The van der Waals surface area contributed by atoms with E-state index >= 15 is 0 Å². The molecule has 5 aromatic rings. The number of nitrogens with one attached hydrogen (secondary N) is 1. The summed E-state index contributed by atoms with van der Waals surface area (Å²) in [4.78, 5) is 15.8. The van der Waals surface area contributed by atoms with Gasteiger partial charge in [-0.2, -0.15) is 13.2 Å². The monoisotopic (exact) mass is 467 g/mol. The number of H-pyrrole nitrogens is 1. The Morgan fingerprint density at radius 2 is 2.06 bits per heavy atom. The van der Waals surface area contributed by atoms with Crippen molar-refractivity contribution in [3.63, 3.8) is 0 Å². The summed E-state index contributed by atoms with van der Waals surface area (Å²) in [6.45, 7) is 0.686. The average Bonchev–Trinajstić information content (AvgIpc) is 3.58. The molecule has 4 aromatic heterocycles. The first-order valence-electron chi connectivity index (χ1n) is 10.2. The summed E-state index contributed by atoms with van der Waals surface area (Å²) in [5, 5.41) is 14.1. The van der Waals surface area contributed by atoms with E-state index in [9.17, 15) is 18.3 Å². The Labute approximate surface area is 189 Å². The highest BCUT2D eigenvalue weighted by Crippen LogP contribution is 2.40. The Morgan fingerprint density at radius 1 is 1.18 bits per heavy atom. The van der Waals surface area contributed by atoms with Crippen molar-refractivity contribution >= 4 is 22.4 Å². The number of fused-ring (bicyclic) bond motifs is 2. The minimum absolute atomic E-state index is 0.367.